The van der Waals surface area contributed by atoms with E-state index in [1.54, 1.807) is 25.4 Å². The number of allylic oxidation sites excluding steroid dienone is 3. The lowest BCUT2D eigenvalue weighted by Crippen LogP contribution is -1.97. The first-order valence-electron chi connectivity index (χ1n) is 3.54. The van der Waals surface area contributed by atoms with Crippen LogP contribution in [0.25, 0.3) is 0 Å². The minimum Gasteiger partial charge on any atom is -0.296 e. The number of Topliss-reactive ketones (excluding diaryl/α,β-unsaturated/α-hetero) is 1. The fraction of sp³-hybridized carbons (Fsp3) is 0.333. The first-order valence-corrected chi connectivity index (χ1v) is 3.54. The van der Waals surface area contributed by atoms with Crippen LogP contribution < -0.4 is 0 Å². The summed E-state index contributed by atoms with van der Waals surface area (Å²) in [4.78, 5) is 14.8. The molecule has 60 valence electrons. The van der Waals surface area contributed by atoms with Crippen LogP contribution in [-0.4, -0.2) is 19.0 Å². The zero-order valence-corrected chi connectivity index (χ0v) is 7.00. The second-order valence-electron chi connectivity index (χ2n) is 2.01. The average molecular weight is 151 g/mol. The van der Waals surface area contributed by atoms with Crippen molar-refractivity contribution in [3.63, 3.8) is 0 Å². The molecule has 0 aromatic carbocycles. The summed E-state index contributed by atoms with van der Waals surface area (Å²) >= 11 is 0. The molecule has 0 radical (unpaired) electrons. The third-order valence-electron chi connectivity index (χ3n) is 1.27. The Morgan fingerprint density at radius 3 is 2.64 bits per heavy atom. The molecule has 0 aliphatic heterocycles. The average Bonchev–Trinajstić information content (AvgIpc) is 2.05. The van der Waals surface area contributed by atoms with Crippen molar-refractivity contribution in [2.24, 2.45) is 4.99 Å². The fourth-order valence-corrected chi connectivity index (χ4v) is 0.634. The number of rotatable bonds is 4. The minimum absolute atomic E-state index is 0.0971. The molecule has 0 aliphatic carbocycles. The molecule has 0 aromatic rings. The van der Waals surface area contributed by atoms with E-state index in [4.69, 9.17) is 0 Å². The lowest BCUT2D eigenvalue weighted by Gasteiger charge is -1.93. The predicted molar refractivity (Wildman–Crippen MR) is 48.0 cm³/mol. The third-order valence-corrected chi connectivity index (χ3v) is 1.27. The molecule has 0 rings (SSSR count). The van der Waals surface area contributed by atoms with E-state index < -0.39 is 0 Å². The van der Waals surface area contributed by atoms with Crippen LogP contribution in [0.15, 0.2) is 29.3 Å². The largest absolute Gasteiger partial charge is 0.296 e. The molecule has 0 spiro atoms. The Morgan fingerprint density at radius 2 is 2.27 bits per heavy atom. The SMILES string of the molecule is C=C/C(=C\C=NC)C(=O)CC. The van der Waals surface area contributed by atoms with Crippen molar-refractivity contribution >= 4 is 12.0 Å². The zero-order chi connectivity index (χ0) is 8.69. The summed E-state index contributed by atoms with van der Waals surface area (Å²) in [6, 6.07) is 0. The van der Waals surface area contributed by atoms with Crippen molar-refractivity contribution in [3.05, 3.63) is 24.3 Å². The van der Waals surface area contributed by atoms with Gasteiger partial charge in [-0.1, -0.05) is 19.6 Å². The van der Waals surface area contributed by atoms with Gasteiger partial charge in [0.2, 0.25) is 0 Å². The molecule has 0 atom stereocenters. The summed E-state index contributed by atoms with van der Waals surface area (Å²) in [6.45, 7) is 5.35. The molecule has 0 aliphatic rings. The van der Waals surface area contributed by atoms with Crippen molar-refractivity contribution in [1.82, 2.24) is 0 Å². The zero-order valence-electron chi connectivity index (χ0n) is 7.00. The number of hydrogen-bond acceptors (Lipinski definition) is 2. The van der Waals surface area contributed by atoms with Crippen LogP contribution in [0.5, 0.6) is 0 Å². The van der Waals surface area contributed by atoms with Crippen LogP contribution in [0.2, 0.25) is 0 Å². The number of ketones is 1. The van der Waals surface area contributed by atoms with Crippen LogP contribution in [0.1, 0.15) is 13.3 Å². The fourth-order valence-electron chi connectivity index (χ4n) is 0.634. The molecule has 0 saturated carbocycles. The molecule has 0 saturated heterocycles. The van der Waals surface area contributed by atoms with Crippen molar-refractivity contribution < 1.29 is 4.79 Å². The summed E-state index contributed by atoms with van der Waals surface area (Å²) in [5, 5.41) is 0. The van der Waals surface area contributed by atoms with Gasteiger partial charge in [-0.25, -0.2) is 0 Å². The number of carbonyl (C=O) groups is 1. The van der Waals surface area contributed by atoms with Gasteiger partial charge >= 0.3 is 0 Å². The molecular weight excluding hydrogens is 138 g/mol. The normalized spacial score (nSPS) is 12.0. The standard InChI is InChI=1S/C9H13NO/c1-4-8(6-7-10-3)9(11)5-2/h4,6-7H,1,5H2,2-3H3/b8-6+,10-7?. The molecule has 0 N–H and O–H groups in total. The molecule has 0 aromatic heterocycles. The number of nitrogens with zero attached hydrogens (tertiary/aromatic N) is 1. The van der Waals surface area contributed by atoms with Gasteiger partial charge in [-0.2, -0.15) is 0 Å². The van der Waals surface area contributed by atoms with E-state index in [1.807, 2.05) is 6.92 Å². The number of hydrogen-bond donors (Lipinski definition) is 0. The Hall–Kier alpha value is -1.18. The highest BCUT2D eigenvalue weighted by molar-refractivity contribution is 6.00. The minimum atomic E-state index is 0.0971. The van der Waals surface area contributed by atoms with Crippen molar-refractivity contribution in [3.8, 4) is 0 Å². The van der Waals surface area contributed by atoms with Gasteiger partial charge in [0, 0.05) is 25.3 Å². The van der Waals surface area contributed by atoms with Gasteiger partial charge in [0.25, 0.3) is 0 Å². The van der Waals surface area contributed by atoms with Gasteiger partial charge < -0.3 is 0 Å². The van der Waals surface area contributed by atoms with Gasteiger partial charge in [-0.05, 0) is 6.08 Å². The Bertz CT molecular complexity index is 202. The molecule has 0 heterocycles. The maximum Gasteiger partial charge on any atom is 0.162 e. The second kappa shape index (κ2) is 5.59. The quantitative estimate of drug-likeness (QED) is 0.342. The van der Waals surface area contributed by atoms with Crippen LogP contribution in [0, 0.1) is 0 Å². The van der Waals surface area contributed by atoms with Crippen LogP contribution in [-0.2, 0) is 4.79 Å². The smallest absolute Gasteiger partial charge is 0.162 e. The van der Waals surface area contributed by atoms with Crippen LogP contribution in [0.4, 0.5) is 0 Å². The third kappa shape index (κ3) is 3.50. The summed E-state index contributed by atoms with van der Waals surface area (Å²) in [5.41, 5.74) is 0.623. The van der Waals surface area contributed by atoms with E-state index in [1.165, 1.54) is 0 Å². The number of aliphatic imine (C=N–C) groups is 1. The van der Waals surface area contributed by atoms with Gasteiger partial charge in [-0.3, -0.25) is 9.79 Å². The topological polar surface area (TPSA) is 29.4 Å². The van der Waals surface area contributed by atoms with E-state index in [2.05, 4.69) is 11.6 Å². The lowest BCUT2D eigenvalue weighted by molar-refractivity contribution is -0.114. The van der Waals surface area contributed by atoms with E-state index in [0.29, 0.717) is 12.0 Å². The van der Waals surface area contributed by atoms with Crippen molar-refractivity contribution in [2.45, 2.75) is 13.3 Å². The second-order valence-corrected chi connectivity index (χ2v) is 2.01. The molecule has 0 unspecified atom stereocenters. The van der Waals surface area contributed by atoms with E-state index in [0.717, 1.165) is 0 Å². The summed E-state index contributed by atoms with van der Waals surface area (Å²) in [6.07, 6.45) is 5.31. The summed E-state index contributed by atoms with van der Waals surface area (Å²) in [7, 11) is 1.66. The van der Waals surface area contributed by atoms with Crippen molar-refractivity contribution in [1.29, 1.82) is 0 Å². The molecule has 11 heavy (non-hydrogen) atoms. The number of carbonyl (C=O) groups excluding carboxylic acids is 1. The van der Waals surface area contributed by atoms with Crippen molar-refractivity contribution in [2.75, 3.05) is 7.05 Å². The highest BCUT2D eigenvalue weighted by atomic mass is 16.1. The van der Waals surface area contributed by atoms with Gasteiger partial charge in [0.1, 0.15) is 0 Å². The molecule has 0 bridgehead atoms. The molecule has 0 amide bonds. The first kappa shape index (κ1) is 9.82. The Balaban J connectivity index is 4.38. The molecule has 0 fully saturated rings. The summed E-state index contributed by atoms with van der Waals surface area (Å²) < 4.78 is 0. The monoisotopic (exact) mass is 151 g/mol. The Morgan fingerprint density at radius 1 is 1.64 bits per heavy atom. The van der Waals surface area contributed by atoms with E-state index in [9.17, 15) is 4.79 Å². The van der Waals surface area contributed by atoms with Crippen LogP contribution in [0.3, 0.4) is 0 Å². The van der Waals surface area contributed by atoms with Gasteiger partial charge in [0.15, 0.2) is 5.78 Å². The van der Waals surface area contributed by atoms with Gasteiger partial charge in [-0.15, -0.1) is 0 Å². The maximum atomic E-state index is 11.0. The first-order chi connectivity index (χ1) is 5.26. The Labute approximate surface area is 67.3 Å². The highest BCUT2D eigenvalue weighted by Gasteiger charge is 1.99. The van der Waals surface area contributed by atoms with Gasteiger partial charge in [0.05, 0.1) is 0 Å². The lowest BCUT2D eigenvalue weighted by atomic mass is 10.1. The molecule has 2 heteroatoms. The maximum absolute atomic E-state index is 11.0. The van der Waals surface area contributed by atoms with Crippen LogP contribution >= 0.6 is 0 Å². The predicted octanol–water partition coefficient (Wildman–Crippen LogP) is 1.78. The summed E-state index contributed by atoms with van der Waals surface area (Å²) in [5.74, 6) is 0.0971. The highest BCUT2D eigenvalue weighted by Crippen LogP contribution is 1.99. The molecular formula is C9H13NO. The Kier molecular flexibility index (Phi) is 4.99. The molecule has 2 nitrogen and oxygen atoms in total. The van der Waals surface area contributed by atoms with E-state index in [-0.39, 0.29) is 5.78 Å². The van der Waals surface area contributed by atoms with E-state index >= 15 is 0 Å².